The molecule has 0 bridgehead atoms. The Labute approximate surface area is 95.6 Å². The summed E-state index contributed by atoms with van der Waals surface area (Å²) >= 11 is 2.75. The summed E-state index contributed by atoms with van der Waals surface area (Å²) in [6.45, 7) is 1.92. The first-order chi connectivity index (χ1) is 6.97. The maximum atomic E-state index is 12.5. The minimum Gasteiger partial charge on any atom is -0.166 e. The van der Waals surface area contributed by atoms with Crippen LogP contribution in [0.4, 0.5) is 13.2 Å². The van der Waals surface area contributed by atoms with Crippen molar-refractivity contribution < 1.29 is 13.2 Å². The van der Waals surface area contributed by atoms with Crippen molar-refractivity contribution in [3.8, 4) is 0 Å². The summed E-state index contributed by atoms with van der Waals surface area (Å²) in [7, 11) is 0. The van der Waals surface area contributed by atoms with Crippen molar-refractivity contribution in [2.45, 2.75) is 22.9 Å². The van der Waals surface area contributed by atoms with Gasteiger partial charge in [0.15, 0.2) is 0 Å². The van der Waals surface area contributed by atoms with Crippen LogP contribution in [0, 0.1) is 0 Å². The molecule has 1 rings (SSSR count). The van der Waals surface area contributed by atoms with Crippen molar-refractivity contribution in [2.24, 2.45) is 0 Å². The Bertz CT molecular complexity index is 334. The van der Waals surface area contributed by atoms with Crippen LogP contribution in [0.15, 0.2) is 28.0 Å². The standard InChI is InChI=1S/C10H11F3S2/c1-3-15-9-5-7(10(11,12)13)4-8(6-9)14-2/h4-6H,3H2,1-2H3. The highest BCUT2D eigenvalue weighted by Gasteiger charge is 2.31. The average Bonchev–Trinajstić information content (AvgIpc) is 2.16. The van der Waals surface area contributed by atoms with Gasteiger partial charge in [-0.25, -0.2) is 0 Å². The van der Waals surface area contributed by atoms with Gasteiger partial charge in [-0.2, -0.15) is 13.2 Å². The van der Waals surface area contributed by atoms with Crippen LogP contribution in [0.25, 0.3) is 0 Å². The van der Waals surface area contributed by atoms with E-state index in [1.165, 1.54) is 35.7 Å². The maximum Gasteiger partial charge on any atom is 0.416 e. The lowest BCUT2D eigenvalue weighted by atomic mass is 10.2. The molecule has 0 amide bonds. The molecule has 0 saturated carbocycles. The Morgan fingerprint density at radius 2 is 1.73 bits per heavy atom. The molecule has 84 valence electrons. The van der Waals surface area contributed by atoms with E-state index in [1.807, 2.05) is 6.92 Å². The van der Waals surface area contributed by atoms with Gasteiger partial charge in [-0.1, -0.05) is 6.92 Å². The second-order valence-corrected chi connectivity index (χ2v) is 5.05. The molecule has 0 atom stereocenters. The van der Waals surface area contributed by atoms with Gasteiger partial charge in [0.25, 0.3) is 0 Å². The molecule has 0 heterocycles. The number of hydrogen-bond acceptors (Lipinski definition) is 2. The molecule has 0 aliphatic rings. The first-order valence-corrected chi connectivity index (χ1v) is 6.57. The van der Waals surface area contributed by atoms with Gasteiger partial charge in [-0.15, -0.1) is 23.5 Å². The largest absolute Gasteiger partial charge is 0.416 e. The van der Waals surface area contributed by atoms with Gasteiger partial charge < -0.3 is 0 Å². The molecule has 0 N–H and O–H groups in total. The summed E-state index contributed by atoms with van der Waals surface area (Å²) in [5, 5.41) is 0. The highest BCUT2D eigenvalue weighted by Crippen LogP contribution is 2.35. The van der Waals surface area contributed by atoms with Crippen molar-refractivity contribution in [3.05, 3.63) is 23.8 Å². The lowest BCUT2D eigenvalue weighted by molar-refractivity contribution is -0.137. The van der Waals surface area contributed by atoms with E-state index in [0.717, 1.165) is 5.75 Å². The minimum absolute atomic E-state index is 0.565. The van der Waals surface area contributed by atoms with Gasteiger partial charge in [0.1, 0.15) is 0 Å². The fraction of sp³-hybridized carbons (Fsp3) is 0.400. The van der Waals surface area contributed by atoms with Crippen molar-refractivity contribution in [2.75, 3.05) is 12.0 Å². The summed E-state index contributed by atoms with van der Waals surface area (Å²) in [5.41, 5.74) is -0.565. The van der Waals surface area contributed by atoms with Crippen LogP contribution in [0.1, 0.15) is 12.5 Å². The fourth-order valence-corrected chi connectivity index (χ4v) is 2.42. The van der Waals surface area contributed by atoms with Crippen LogP contribution in [-0.2, 0) is 6.18 Å². The van der Waals surface area contributed by atoms with Gasteiger partial charge in [0, 0.05) is 9.79 Å². The lowest BCUT2D eigenvalue weighted by Crippen LogP contribution is -2.05. The second-order valence-electron chi connectivity index (χ2n) is 2.83. The van der Waals surface area contributed by atoms with E-state index < -0.39 is 11.7 Å². The minimum atomic E-state index is -4.26. The highest BCUT2D eigenvalue weighted by molar-refractivity contribution is 7.99. The molecule has 0 radical (unpaired) electrons. The first-order valence-electron chi connectivity index (χ1n) is 4.36. The van der Waals surface area contributed by atoms with E-state index in [2.05, 4.69) is 0 Å². The number of hydrogen-bond donors (Lipinski definition) is 0. The monoisotopic (exact) mass is 252 g/mol. The van der Waals surface area contributed by atoms with E-state index >= 15 is 0 Å². The zero-order valence-electron chi connectivity index (χ0n) is 8.39. The van der Waals surface area contributed by atoms with Crippen LogP contribution < -0.4 is 0 Å². The summed E-state index contributed by atoms with van der Waals surface area (Å²) < 4.78 is 37.5. The van der Waals surface area contributed by atoms with Gasteiger partial charge in [-0.3, -0.25) is 0 Å². The molecular weight excluding hydrogens is 241 g/mol. The molecule has 1 aromatic carbocycles. The Morgan fingerprint density at radius 1 is 1.13 bits per heavy atom. The van der Waals surface area contributed by atoms with E-state index in [9.17, 15) is 13.2 Å². The number of halogens is 3. The van der Waals surface area contributed by atoms with Gasteiger partial charge in [0.2, 0.25) is 0 Å². The summed E-state index contributed by atoms with van der Waals surface area (Å²) in [4.78, 5) is 1.33. The third-order valence-electron chi connectivity index (χ3n) is 1.75. The maximum absolute atomic E-state index is 12.5. The molecule has 0 spiro atoms. The normalized spacial score (nSPS) is 11.8. The first kappa shape index (κ1) is 12.8. The van der Waals surface area contributed by atoms with Crippen molar-refractivity contribution in [1.29, 1.82) is 0 Å². The molecule has 1 aromatic rings. The number of alkyl halides is 3. The number of benzene rings is 1. The summed E-state index contributed by atoms with van der Waals surface area (Å²) in [6.07, 6.45) is -2.48. The Balaban J connectivity index is 3.11. The fourth-order valence-electron chi connectivity index (χ4n) is 1.10. The van der Waals surface area contributed by atoms with Crippen LogP contribution in [0.3, 0.4) is 0 Å². The molecule has 0 aromatic heterocycles. The summed E-state index contributed by atoms with van der Waals surface area (Å²) in [6, 6.07) is 4.17. The van der Waals surface area contributed by atoms with Crippen molar-refractivity contribution >= 4 is 23.5 Å². The molecule has 0 fully saturated rings. The molecule has 0 saturated heterocycles. The Morgan fingerprint density at radius 3 is 2.20 bits per heavy atom. The van der Waals surface area contributed by atoms with E-state index in [0.29, 0.717) is 9.79 Å². The predicted octanol–water partition coefficient (Wildman–Crippen LogP) is 4.54. The molecule has 0 aliphatic heterocycles. The average molecular weight is 252 g/mol. The third-order valence-corrected chi connectivity index (χ3v) is 3.32. The molecule has 15 heavy (non-hydrogen) atoms. The van der Waals surface area contributed by atoms with E-state index in [1.54, 1.807) is 12.3 Å². The quantitative estimate of drug-likeness (QED) is 0.724. The molecule has 5 heteroatoms. The zero-order valence-corrected chi connectivity index (χ0v) is 10.0. The van der Waals surface area contributed by atoms with E-state index in [4.69, 9.17) is 0 Å². The smallest absolute Gasteiger partial charge is 0.166 e. The molecule has 0 nitrogen and oxygen atoms in total. The van der Waals surface area contributed by atoms with Crippen LogP contribution in [-0.4, -0.2) is 12.0 Å². The van der Waals surface area contributed by atoms with Gasteiger partial charge in [0.05, 0.1) is 5.56 Å². The topological polar surface area (TPSA) is 0 Å². The number of rotatable bonds is 3. The Hall–Kier alpha value is -0.290. The zero-order chi connectivity index (χ0) is 11.5. The van der Waals surface area contributed by atoms with Crippen LogP contribution in [0.2, 0.25) is 0 Å². The Kier molecular flexibility index (Phi) is 4.40. The molecular formula is C10H11F3S2. The van der Waals surface area contributed by atoms with Crippen molar-refractivity contribution in [1.82, 2.24) is 0 Å². The second kappa shape index (κ2) is 5.16. The lowest BCUT2D eigenvalue weighted by Gasteiger charge is -2.10. The third kappa shape index (κ3) is 3.65. The SMILES string of the molecule is CCSc1cc(SC)cc(C(F)(F)F)c1. The van der Waals surface area contributed by atoms with Gasteiger partial charge in [-0.05, 0) is 30.2 Å². The summed E-state index contributed by atoms with van der Waals surface area (Å²) in [5.74, 6) is 0.773. The van der Waals surface area contributed by atoms with Crippen molar-refractivity contribution in [3.63, 3.8) is 0 Å². The predicted molar refractivity (Wildman–Crippen MR) is 59.6 cm³/mol. The highest BCUT2D eigenvalue weighted by atomic mass is 32.2. The van der Waals surface area contributed by atoms with Crippen LogP contribution in [0.5, 0.6) is 0 Å². The molecule has 0 aliphatic carbocycles. The van der Waals surface area contributed by atoms with E-state index in [-0.39, 0.29) is 0 Å². The molecule has 0 unspecified atom stereocenters. The van der Waals surface area contributed by atoms with Crippen LogP contribution >= 0.6 is 23.5 Å². The number of thioether (sulfide) groups is 2. The van der Waals surface area contributed by atoms with Gasteiger partial charge >= 0.3 is 6.18 Å².